The van der Waals surface area contributed by atoms with Gasteiger partial charge in [-0.25, -0.2) is 4.39 Å². The molecule has 0 unspecified atom stereocenters. The minimum absolute atomic E-state index is 0.0994. The SMILES string of the molecule is Cn1c(COc2cccc3cccnc23)nnc1SCC(=O)c1ccc(F)cc1. The van der Waals surface area contributed by atoms with Crippen LogP contribution in [0.1, 0.15) is 16.2 Å². The molecule has 0 aliphatic rings. The van der Waals surface area contributed by atoms with Gasteiger partial charge in [0.2, 0.25) is 0 Å². The molecule has 2 heterocycles. The van der Waals surface area contributed by atoms with Crippen molar-refractivity contribution in [2.45, 2.75) is 11.8 Å². The molecule has 0 saturated carbocycles. The van der Waals surface area contributed by atoms with Gasteiger partial charge in [0.15, 0.2) is 16.8 Å². The Bertz CT molecular complexity index is 1160. The lowest BCUT2D eigenvalue weighted by molar-refractivity contribution is 0.102. The summed E-state index contributed by atoms with van der Waals surface area (Å²) < 4.78 is 20.7. The van der Waals surface area contributed by atoms with E-state index in [9.17, 15) is 9.18 Å². The minimum atomic E-state index is -0.367. The molecule has 0 atom stereocenters. The number of ether oxygens (including phenoxy) is 1. The lowest BCUT2D eigenvalue weighted by atomic mass is 10.1. The molecule has 0 saturated heterocycles. The fourth-order valence-corrected chi connectivity index (χ4v) is 3.61. The number of carbonyl (C=O) groups is 1. The van der Waals surface area contributed by atoms with Crippen molar-refractivity contribution in [2.75, 3.05) is 5.75 Å². The van der Waals surface area contributed by atoms with Crippen molar-refractivity contribution in [2.24, 2.45) is 7.05 Å². The molecule has 0 amide bonds. The smallest absolute Gasteiger partial charge is 0.191 e. The Morgan fingerprint density at radius 1 is 1.10 bits per heavy atom. The Morgan fingerprint density at radius 2 is 1.90 bits per heavy atom. The maximum atomic E-state index is 13.0. The number of pyridine rings is 1. The number of benzene rings is 2. The predicted molar refractivity (Wildman–Crippen MR) is 109 cm³/mol. The van der Waals surface area contributed by atoms with Crippen molar-refractivity contribution in [3.05, 3.63) is 78.0 Å². The van der Waals surface area contributed by atoms with Gasteiger partial charge in [0.05, 0.1) is 5.75 Å². The van der Waals surface area contributed by atoms with E-state index in [0.717, 1.165) is 10.9 Å². The number of hydrogen-bond donors (Lipinski definition) is 0. The minimum Gasteiger partial charge on any atom is -0.483 e. The van der Waals surface area contributed by atoms with Crippen molar-refractivity contribution in [3.63, 3.8) is 0 Å². The molecule has 2 aromatic carbocycles. The van der Waals surface area contributed by atoms with Crippen molar-refractivity contribution in [1.29, 1.82) is 0 Å². The molecule has 0 spiro atoms. The van der Waals surface area contributed by atoms with Gasteiger partial charge in [0.1, 0.15) is 23.7 Å². The summed E-state index contributed by atoms with van der Waals surface area (Å²) >= 11 is 1.28. The second kappa shape index (κ2) is 8.40. The highest BCUT2D eigenvalue weighted by Crippen LogP contribution is 2.24. The molecule has 0 fully saturated rings. The Morgan fingerprint density at radius 3 is 2.72 bits per heavy atom. The van der Waals surface area contributed by atoms with Gasteiger partial charge in [0, 0.05) is 24.2 Å². The van der Waals surface area contributed by atoms with E-state index in [2.05, 4.69) is 15.2 Å². The summed E-state index contributed by atoms with van der Waals surface area (Å²) in [6.07, 6.45) is 1.73. The van der Waals surface area contributed by atoms with Gasteiger partial charge < -0.3 is 9.30 Å². The van der Waals surface area contributed by atoms with Gasteiger partial charge in [-0.3, -0.25) is 9.78 Å². The summed E-state index contributed by atoms with van der Waals surface area (Å²) in [7, 11) is 1.82. The number of ketones is 1. The first-order chi connectivity index (χ1) is 14.1. The predicted octanol–water partition coefficient (Wildman–Crippen LogP) is 4.06. The lowest BCUT2D eigenvalue weighted by Gasteiger charge is -2.08. The number of hydrogen-bond acceptors (Lipinski definition) is 6. The molecule has 4 rings (SSSR count). The van der Waals surface area contributed by atoms with Crippen LogP contribution in [0, 0.1) is 5.82 Å². The zero-order valence-corrected chi connectivity index (χ0v) is 16.4. The highest BCUT2D eigenvalue weighted by atomic mass is 32.2. The number of halogens is 1. The van der Waals surface area contributed by atoms with E-state index in [1.165, 1.54) is 36.0 Å². The van der Waals surface area contributed by atoms with Crippen LogP contribution in [0.3, 0.4) is 0 Å². The molecule has 8 heteroatoms. The van der Waals surface area contributed by atoms with Crippen LogP contribution in [0.25, 0.3) is 10.9 Å². The monoisotopic (exact) mass is 408 g/mol. The molecular weight excluding hydrogens is 391 g/mol. The highest BCUT2D eigenvalue weighted by molar-refractivity contribution is 7.99. The molecule has 2 aromatic heterocycles. The number of para-hydroxylation sites is 1. The fraction of sp³-hybridized carbons (Fsp3) is 0.143. The van der Waals surface area contributed by atoms with Crippen LogP contribution in [0.15, 0.2) is 66.0 Å². The second-order valence-corrected chi connectivity index (χ2v) is 7.24. The Hall–Kier alpha value is -3.26. The van der Waals surface area contributed by atoms with Crippen LogP contribution in [0.4, 0.5) is 4.39 Å². The molecule has 0 N–H and O–H groups in total. The average Bonchev–Trinajstić information content (AvgIpc) is 3.10. The van der Waals surface area contributed by atoms with E-state index in [4.69, 9.17) is 4.74 Å². The van der Waals surface area contributed by atoms with Crippen LogP contribution in [0.2, 0.25) is 0 Å². The number of Topliss-reactive ketones (excluding diaryl/α,β-unsaturated/α-hetero) is 1. The van der Waals surface area contributed by atoms with Crippen molar-refractivity contribution in [1.82, 2.24) is 19.7 Å². The van der Waals surface area contributed by atoms with Crippen molar-refractivity contribution >= 4 is 28.4 Å². The van der Waals surface area contributed by atoms with Crippen molar-refractivity contribution in [3.8, 4) is 5.75 Å². The summed E-state index contributed by atoms with van der Waals surface area (Å²) in [5.74, 6) is 1.03. The number of aromatic nitrogens is 4. The first-order valence-corrected chi connectivity index (χ1v) is 9.87. The molecule has 0 radical (unpaired) electrons. The maximum Gasteiger partial charge on any atom is 0.191 e. The Balaban J connectivity index is 1.40. The molecule has 146 valence electrons. The number of fused-ring (bicyclic) bond motifs is 1. The first kappa shape index (κ1) is 19.1. The van der Waals surface area contributed by atoms with E-state index in [-0.39, 0.29) is 24.0 Å². The number of rotatable bonds is 7. The topological polar surface area (TPSA) is 69.9 Å². The Kier molecular flexibility index (Phi) is 5.53. The molecule has 0 aliphatic heterocycles. The van der Waals surface area contributed by atoms with E-state index in [0.29, 0.717) is 22.3 Å². The van der Waals surface area contributed by atoms with E-state index in [1.54, 1.807) is 10.8 Å². The first-order valence-electron chi connectivity index (χ1n) is 8.88. The Labute approximate surface area is 170 Å². The summed E-state index contributed by atoms with van der Waals surface area (Å²) in [5, 5.41) is 9.90. The second-order valence-electron chi connectivity index (χ2n) is 6.30. The zero-order chi connectivity index (χ0) is 20.2. The number of nitrogens with zero attached hydrogens (tertiary/aromatic N) is 4. The van der Waals surface area contributed by atoms with Crippen LogP contribution in [0.5, 0.6) is 5.75 Å². The van der Waals surface area contributed by atoms with Crippen LogP contribution < -0.4 is 4.74 Å². The largest absolute Gasteiger partial charge is 0.483 e. The lowest BCUT2D eigenvalue weighted by Crippen LogP contribution is -2.06. The third-order valence-corrected chi connectivity index (χ3v) is 5.40. The zero-order valence-electron chi connectivity index (χ0n) is 15.6. The third kappa shape index (κ3) is 4.27. The molecule has 29 heavy (non-hydrogen) atoms. The average molecular weight is 408 g/mol. The van der Waals surface area contributed by atoms with Gasteiger partial charge in [-0.1, -0.05) is 30.0 Å². The standard InChI is InChI=1S/C21H17FN4O2S/c1-26-19(12-28-18-6-2-4-15-5-3-11-23-20(15)18)24-25-21(26)29-13-17(27)14-7-9-16(22)10-8-14/h2-11H,12-13H2,1H3. The van der Waals surface area contributed by atoms with E-state index < -0.39 is 0 Å². The molecule has 0 aliphatic carbocycles. The number of carbonyl (C=O) groups excluding carboxylic acids is 1. The highest BCUT2D eigenvalue weighted by Gasteiger charge is 2.14. The normalized spacial score (nSPS) is 11.0. The van der Waals surface area contributed by atoms with Gasteiger partial charge in [-0.15, -0.1) is 10.2 Å². The third-order valence-electron chi connectivity index (χ3n) is 4.38. The maximum absolute atomic E-state index is 13.0. The van der Waals surface area contributed by atoms with E-state index in [1.807, 2.05) is 37.4 Å². The summed E-state index contributed by atoms with van der Waals surface area (Å²) in [6, 6.07) is 15.1. The van der Waals surface area contributed by atoms with E-state index >= 15 is 0 Å². The summed E-state index contributed by atoms with van der Waals surface area (Å²) in [5.41, 5.74) is 1.25. The van der Waals surface area contributed by atoms with Crippen LogP contribution >= 0.6 is 11.8 Å². The van der Waals surface area contributed by atoms with Gasteiger partial charge in [-0.05, 0) is 36.4 Å². The fourth-order valence-electron chi connectivity index (χ4n) is 2.78. The van der Waals surface area contributed by atoms with Gasteiger partial charge in [0.25, 0.3) is 0 Å². The molecular formula is C21H17FN4O2S. The molecule has 6 nitrogen and oxygen atoms in total. The molecule has 4 aromatic rings. The van der Waals surface area contributed by atoms with Crippen LogP contribution in [-0.4, -0.2) is 31.3 Å². The van der Waals surface area contributed by atoms with Gasteiger partial charge in [-0.2, -0.15) is 0 Å². The number of thioether (sulfide) groups is 1. The van der Waals surface area contributed by atoms with Crippen LogP contribution in [-0.2, 0) is 13.7 Å². The quantitative estimate of drug-likeness (QED) is 0.339. The van der Waals surface area contributed by atoms with Crippen molar-refractivity contribution < 1.29 is 13.9 Å². The summed E-state index contributed by atoms with van der Waals surface area (Å²) in [4.78, 5) is 16.6. The molecule has 0 bridgehead atoms. The summed E-state index contributed by atoms with van der Waals surface area (Å²) in [6.45, 7) is 0.228. The van der Waals surface area contributed by atoms with Gasteiger partial charge >= 0.3 is 0 Å².